The Morgan fingerprint density at radius 3 is 2.18 bits per heavy atom. The molecule has 2 aliphatic heterocycles. The second-order valence-corrected chi connectivity index (χ2v) is 8.65. The molecule has 152 valence electrons. The van der Waals surface area contributed by atoms with Crippen LogP contribution in [0, 0.1) is 17.8 Å². The van der Waals surface area contributed by atoms with Crippen LogP contribution in [0.1, 0.15) is 46.6 Å². The summed E-state index contributed by atoms with van der Waals surface area (Å²) in [5, 5.41) is 0. The lowest BCUT2D eigenvalue weighted by atomic mass is 9.91. The van der Waals surface area contributed by atoms with Crippen molar-refractivity contribution in [2.24, 2.45) is 17.8 Å². The van der Waals surface area contributed by atoms with Gasteiger partial charge >= 0.3 is 0 Å². The molecule has 2 heterocycles. The summed E-state index contributed by atoms with van der Waals surface area (Å²) in [5.74, 6) is 1.67. The summed E-state index contributed by atoms with van der Waals surface area (Å²) in [7, 11) is 0. The standard InChI is InChI=1S/C23H32N2O3/c1-6-28-19-9-7-18(8-10-19)20-21(24-13-16(4)11-17(5)14-24)23(27)25(22(20)26)12-15(2)3/h7-10,15-17H,6,11-14H2,1-5H3. The van der Waals surface area contributed by atoms with Crippen molar-refractivity contribution < 1.29 is 14.3 Å². The van der Waals surface area contributed by atoms with Gasteiger partial charge in [0.05, 0.1) is 12.2 Å². The van der Waals surface area contributed by atoms with Crippen molar-refractivity contribution >= 4 is 17.4 Å². The van der Waals surface area contributed by atoms with Gasteiger partial charge in [-0.15, -0.1) is 0 Å². The fourth-order valence-electron chi connectivity index (χ4n) is 4.38. The molecular weight excluding hydrogens is 352 g/mol. The van der Waals surface area contributed by atoms with Crippen LogP contribution in [-0.4, -0.2) is 47.9 Å². The lowest BCUT2D eigenvalue weighted by Gasteiger charge is -2.37. The molecular formula is C23H32N2O3. The predicted molar refractivity (Wildman–Crippen MR) is 111 cm³/mol. The first-order valence-electron chi connectivity index (χ1n) is 10.4. The Balaban J connectivity index is 2.03. The van der Waals surface area contributed by atoms with E-state index in [1.165, 1.54) is 4.90 Å². The molecule has 5 heteroatoms. The van der Waals surface area contributed by atoms with Gasteiger partial charge < -0.3 is 9.64 Å². The number of hydrogen-bond acceptors (Lipinski definition) is 4. The summed E-state index contributed by atoms with van der Waals surface area (Å²) in [6.07, 6.45) is 1.15. The lowest BCUT2D eigenvalue weighted by Crippen LogP contribution is -2.42. The molecule has 0 saturated carbocycles. The fraction of sp³-hybridized carbons (Fsp3) is 0.565. The third kappa shape index (κ3) is 4.08. The lowest BCUT2D eigenvalue weighted by molar-refractivity contribution is -0.138. The minimum Gasteiger partial charge on any atom is -0.494 e. The molecule has 1 aromatic carbocycles. The van der Waals surface area contributed by atoms with E-state index in [0.29, 0.717) is 36.3 Å². The van der Waals surface area contributed by atoms with Crippen LogP contribution in [0.15, 0.2) is 30.0 Å². The molecule has 0 radical (unpaired) electrons. The molecule has 2 aliphatic rings. The maximum Gasteiger partial charge on any atom is 0.277 e. The molecule has 2 atom stereocenters. The van der Waals surface area contributed by atoms with E-state index in [-0.39, 0.29) is 17.7 Å². The molecule has 1 aromatic rings. The van der Waals surface area contributed by atoms with E-state index in [9.17, 15) is 9.59 Å². The Hall–Kier alpha value is -2.30. The molecule has 5 nitrogen and oxygen atoms in total. The summed E-state index contributed by atoms with van der Waals surface area (Å²) >= 11 is 0. The summed E-state index contributed by atoms with van der Waals surface area (Å²) in [4.78, 5) is 30.1. The molecule has 0 N–H and O–H groups in total. The summed E-state index contributed by atoms with van der Waals surface area (Å²) in [5.41, 5.74) is 1.90. The maximum absolute atomic E-state index is 13.3. The van der Waals surface area contributed by atoms with Crippen LogP contribution < -0.4 is 4.74 Å². The van der Waals surface area contributed by atoms with Crippen molar-refractivity contribution in [3.8, 4) is 5.75 Å². The van der Waals surface area contributed by atoms with Gasteiger partial charge in [-0.2, -0.15) is 0 Å². The number of nitrogens with zero attached hydrogens (tertiary/aromatic N) is 2. The molecule has 0 spiro atoms. The molecule has 3 rings (SSSR count). The number of likely N-dealkylation sites (tertiary alicyclic amines) is 1. The van der Waals surface area contributed by atoms with Gasteiger partial charge in [-0.1, -0.05) is 39.8 Å². The van der Waals surface area contributed by atoms with Gasteiger partial charge in [0.2, 0.25) is 0 Å². The van der Waals surface area contributed by atoms with E-state index in [1.54, 1.807) is 0 Å². The van der Waals surface area contributed by atoms with Crippen molar-refractivity contribution in [2.75, 3.05) is 26.2 Å². The Labute approximate surface area is 168 Å². The van der Waals surface area contributed by atoms with Crippen LogP contribution in [0.2, 0.25) is 0 Å². The molecule has 0 aliphatic carbocycles. The number of benzene rings is 1. The molecule has 1 fully saturated rings. The van der Waals surface area contributed by atoms with Gasteiger partial charge in [0.1, 0.15) is 11.4 Å². The molecule has 2 amide bonds. The zero-order chi connectivity index (χ0) is 20.4. The summed E-state index contributed by atoms with van der Waals surface area (Å²) in [6.45, 7) is 13.1. The van der Waals surface area contributed by atoms with Gasteiger partial charge in [-0.3, -0.25) is 14.5 Å². The Morgan fingerprint density at radius 2 is 1.64 bits per heavy atom. The van der Waals surface area contributed by atoms with Crippen LogP contribution in [0.25, 0.3) is 5.57 Å². The number of ether oxygens (including phenoxy) is 1. The molecule has 28 heavy (non-hydrogen) atoms. The molecule has 2 unspecified atom stereocenters. The first-order chi connectivity index (χ1) is 13.3. The highest BCUT2D eigenvalue weighted by Gasteiger charge is 2.42. The number of amides is 2. The van der Waals surface area contributed by atoms with Crippen molar-refractivity contribution in [1.29, 1.82) is 0 Å². The maximum atomic E-state index is 13.3. The van der Waals surface area contributed by atoms with Crippen molar-refractivity contribution in [3.63, 3.8) is 0 Å². The van der Waals surface area contributed by atoms with Crippen LogP contribution in [0.4, 0.5) is 0 Å². The number of piperidine rings is 1. The average Bonchev–Trinajstić information content (AvgIpc) is 2.86. The zero-order valence-electron chi connectivity index (χ0n) is 17.7. The Kier molecular flexibility index (Phi) is 6.11. The van der Waals surface area contributed by atoms with E-state index >= 15 is 0 Å². The molecule has 0 bridgehead atoms. The van der Waals surface area contributed by atoms with Gasteiger partial charge in [0, 0.05) is 19.6 Å². The van der Waals surface area contributed by atoms with Gasteiger partial charge in [-0.25, -0.2) is 0 Å². The minimum absolute atomic E-state index is 0.149. The third-order valence-corrected chi connectivity index (χ3v) is 5.33. The van der Waals surface area contributed by atoms with Crippen molar-refractivity contribution in [3.05, 3.63) is 35.5 Å². The van der Waals surface area contributed by atoms with Gasteiger partial charge in [-0.05, 0) is 48.8 Å². The van der Waals surface area contributed by atoms with E-state index < -0.39 is 0 Å². The highest BCUT2D eigenvalue weighted by Crippen LogP contribution is 2.35. The summed E-state index contributed by atoms with van der Waals surface area (Å²) in [6, 6.07) is 7.52. The normalized spacial score (nSPS) is 23.2. The van der Waals surface area contributed by atoms with Crippen molar-refractivity contribution in [1.82, 2.24) is 9.80 Å². The minimum atomic E-state index is -0.177. The molecule has 1 saturated heterocycles. The average molecular weight is 385 g/mol. The highest BCUT2D eigenvalue weighted by atomic mass is 16.5. The smallest absolute Gasteiger partial charge is 0.277 e. The fourth-order valence-corrected chi connectivity index (χ4v) is 4.38. The van der Waals surface area contributed by atoms with E-state index in [4.69, 9.17) is 4.74 Å². The van der Waals surface area contributed by atoms with Crippen LogP contribution >= 0.6 is 0 Å². The summed E-state index contributed by atoms with van der Waals surface area (Å²) < 4.78 is 5.53. The second kappa shape index (κ2) is 8.38. The molecule has 0 aromatic heterocycles. The van der Waals surface area contributed by atoms with E-state index in [1.807, 2.05) is 45.0 Å². The number of carbonyl (C=O) groups is 2. The van der Waals surface area contributed by atoms with Crippen LogP contribution in [-0.2, 0) is 9.59 Å². The first-order valence-corrected chi connectivity index (χ1v) is 10.4. The number of imide groups is 1. The number of rotatable bonds is 6. The third-order valence-electron chi connectivity index (χ3n) is 5.33. The highest BCUT2D eigenvalue weighted by molar-refractivity contribution is 6.35. The van der Waals surface area contributed by atoms with Crippen LogP contribution in [0.3, 0.4) is 0 Å². The first kappa shape index (κ1) is 20.4. The SMILES string of the molecule is CCOc1ccc(C2=C(N3CC(C)CC(C)C3)C(=O)N(CC(C)C)C2=O)cc1. The van der Waals surface area contributed by atoms with E-state index in [2.05, 4.69) is 18.7 Å². The number of hydrogen-bond donors (Lipinski definition) is 0. The monoisotopic (exact) mass is 384 g/mol. The zero-order valence-corrected chi connectivity index (χ0v) is 17.7. The second-order valence-electron chi connectivity index (χ2n) is 8.65. The predicted octanol–water partition coefficient (Wildman–Crippen LogP) is 3.80. The number of carbonyl (C=O) groups excluding carboxylic acids is 2. The van der Waals surface area contributed by atoms with Crippen LogP contribution in [0.5, 0.6) is 5.75 Å². The van der Waals surface area contributed by atoms with Gasteiger partial charge in [0.25, 0.3) is 11.8 Å². The quantitative estimate of drug-likeness (QED) is 0.700. The van der Waals surface area contributed by atoms with E-state index in [0.717, 1.165) is 30.8 Å². The Morgan fingerprint density at radius 1 is 1.04 bits per heavy atom. The Bertz CT molecular complexity index is 757. The van der Waals surface area contributed by atoms with Crippen molar-refractivity contribution in [2.45, 2.75) is 41.0 Å². The topological polar surface area (TPSA) is 49.9 Å². The van der Waals surface area contributed by atoms with Gasteiger partial charge in [0.15, 0.2) is 0 Å². The largest absolute Gasteiger partial charge is 0.494 e.